The van der Waals surface area contributed by atoms with Gasteiger partial charge in [0, 0.05) is 45.3 Å². The van der Waals surface area contributed by atoms with E-state index < -0.39 is 0 Å². The smallest absolute Gasteiger partial charge is 0.278 e. The highest BCUT2D eigenvalue weighted by atomic mass is 32.2. The Morgan fingerprint density at radius 3 is 2.32 bits per heavy atom. The molecule has 130 valence electrons. The molecule has 1 heterocycles. The summed E-state index contributed by atoms with van der Waals surface area (Å²) in [4.78, 5) is 15.9. The van der Waals surface area contributed by atoms with Crippen LogP contribution in [0.3, 0.4) is 0 Å². The van der Waals surface area contributed by atoms with Crippen LogP contribution in [0.5, 0.6) is 0 Å². The molecule has 1 saturated heterocycles. The van der Waals surface area contributed by atoms with Gasteiger partial charge in [0.05, 0.1) is 26.4 Å². The van der Waals surface area contributed by atoms with Crippen LogP contribution in [0.2, 0.25) is 0 Å². The van der Waals surface area contributed by atoms with Crippen molar-refractivity contribution in [2.75, 3.05) is 72.0 Å². The number of amides is 1. The maximum Gasteiger partial charge on any atom is 0.278 e. The second kappa shape index (κ2) is 12.1. The highest BCUT2D eigenvalue weighted by Crippen LogP contribution is 2.05. The lowest BCUT2D eigenvalue weighted by Crippen LogP contribution is -2.49. The Balaban J connectivity index is 1.85. The number of nitrogens with one attached hydrogen (secondary N) is 1. The number of nitrogens with zero attached hydrogens (tertiary/aromatic N) is 2. The van der Waals surface area contributed by atoms with Gasteiger partial charge in [-0.3, -0.25) is 14.6 Å². The molecule has 0 radical (unpaired) electrons. The first-order chi connectivity index (χ1) is 10.6. The first kappa shape index (κ1) is 19.7. The SMILES string of the molecule is CSC(=O)NCCOCCOCCN1CCN(C(C)C)CC1. The van der Waals surface area contributed by atoms with Gasteiger partial charge in [0.1, 0.15) is 0 Å². The van der Waals surface area contributed by atoms with E-state index in [0.29, 0.717) is 32.4 Å². The number of hydrogen-bond donors (Lipinski definition) is 1. The zero-order valence-electron chi connectivity index (χ0n) is 14.2. The van der Waals surface area contributed by atoms with E-state index in [1.54, 1.807) is 6.26 Å². The number of ether oxygens (including phenoxy) is 2. The van der Waals surface area contributed by atoms with E-state index in [1.165, 1.54) is 11.8 Å². The van der Waals surface area contributed by atoms with Crippen molar-refractivity contribution in [1.82, 2.24) is 15.1 Å². The average molecular weight is 333 g/mol. The summed E-state index contributed by atoms with van der Waals surface area (Å²) in [6.07, 6.45) is 1.76. The molecule has 0 bridgehead atoms. The highest BCUT2D eigenvalue weighted by Gasteiger charge is 2.17. The van der Waals surface area contributed by atoms with Gasteiger partial charge in [-0.2, -0.15) is 0 Å². The molecule has 1 amide bonds. The number of hydrogen-bond acceptors (Lipinski definition) is 6. The lowest BCUT2D eigenvalue weighted by molar-refractivity contribution is 0.0306. The summed E-state index contributed by atoms with van der Waals surface area (Å²) in [5, 5.41) is 2.72. The number of piperazine rings is 1. The molecular weight excluding hydrogens is 302 g/mol. The topological polar surface area (TPSA) is 54.0 Å². The van der Waals surface area contributed by atoms with Gasteiger partial charge >= 0.3 is 0 Å². The van der Waals surface area contributed by atoms with Gasteiger partial charge in [0.2, 0.25) is 0 Å². The van der Waals surface area contributed by atoms with Crippen LogP contribution in [0.1, 0.15) is 13.8 Å². The van der Waals surface area contributed by atoms with Gasteiger partial charge in [-0.1, -0.05) is 11.8 Å². The summed E-state index contributed by atoms with van der Waals surface area (Å²) in [7, 11) is 0. The molecule has 0 spiro atoms. The third-order valence-corrected chi connectivity index (χ3v) is 4.28. The molecular formula is C15H31N3O3S. The van der Waals surface area contributed by atoms with E-state index in [-0.39, 0.29) is 5.24 Å². The van der Waals surface area contributed by atoms with Crippen LogP contribution in [0.4, 0.5) is 4.79 Å². The van der Waals surface area contributed by atoms with Crippen molar-refractivity contribution in [1.29, 1.82) is 0 Å². The summed E-state index contributed by atoms with van der Waals surface area (Å²) in [5.74, 6) is 0. The van der Waals surface area contributed by atoms with Crippen LogP contribution < -0.4 is 5.32 Å². The molecule has 0 aromatic carbocycles. The molecule has 22 heavy (non-hydrogen) atoms. The van der Waals surface area contributed by atoms with Gasteiger partial charge in [0.25, 0.3) is 5.24 Å². The fourth-order valence-electron chi connectivity index (χ4n) is 2.32. The lowest BCUT2D eigenvalue weighted by Gasteiger charge is -2.36. The number of thioether (sulfide) groups is 1. The molecule has 1 aliphatic rings. The Kier molecular flexibility index (Phi) is 10.9. The zero-order chi connectivity index (χ0) is 16.2. The predicted octanol–water partition coefficient (Wildman–Crippen LogP) is 1.12. The fraction of sp³-hybridized carbons (Fsp3) is 0.933. The first-order valence-corrected chi connectivity index (χ1v) is 9.29. The molecule has 0 atom stereocenters. The summed E-state index contributed by atoms with van der Waals surface area (Å²) < 4.78 is 11.0. The van der Waals surface area contributed by atoms with Gasteiger partial charge in [-0.15, -0.1) is 0 Å². The van der Waals surface area contributed by atoms with Gasteiger partial charge in [0.15, 0.2) is 0 Å². The van der Waals surface area contributed by atoms with Crippen LogP contribution in [-0.2, 0) is 9.47 Å². The normalized spacial score (nSPS) is 17.1. The van der Waals surface area contributed by atoms with Crippen LogP contribution in [0.15, 0.2) is 0 Å². The minimum Gasteiger partial charge on any atom is -0.378 e. The first-order valence-electron chi connectivity index (χ1n) is 8.07. The van der Waals surface area contributed by atoms with E-state index >= 15 is 0 Å². The van der Waals surface area contributed by atoms with Gasteiger partial charge < -0.3 is 14.8 Å². The van der Waals surface area contributed by atoms with Crippen molar-refractivity contribution in [3.63, 3.8) is 0 Å². The Labute approximate surface area is 138 Å². The molecule has 0 aromatic rings. The average Bonchev–Trinajstić information content (AvgIpc) is 2.53. The molecule has 1 N–H and O–H groups in total. The second-order valence-electron chi connectivity index (χ2n) is 5.61. The minimum atomic E-state index is -0.0163. The molecule has 1 fully saturated rings. The molecule has 7 heteroatoms. The number of rotatable bonds is 10. The van der Waals surface area contributed by atoms with Crippen molar-refractivity contribution in [3.05, 3.63) is 0 Å². The van der Waals surface area contributed by atoms with Crippen LogP contribution in [0.25, 0.3) is 0 Å². The molecule has 0 unspecified atom stereocenters. The minimum absolute atomic E-state index is 0.0163. The quantitative estimate of drug-likeness (QED) is 0.605. The van der Waals surface area contributed by atoms with E-state index in [9.17, 15) is 4.79 Å². The zero-order valence-corrected chi connectivity index (χ0v) is 15.0. The molecule has 6 nitrogen and oxygen atoms in total. The van der Waals surface area contributed by atoms with Crippen molar-refractivity contribution >= 4 is 17.0 Å². The van der Waals surface area contributed by atoms with Crippen molar-refractivity contribution in [2.45, 2.75) is 19.9 Å². The van der Waals surface area contributed by atoms with Crippen LogP contribution in [-0.4, -0.2) is 93.0 Å². The standard InChI is InChI=1S/C15H31N3O3S/c1-14(2)18-7-5-17(6-8-18)9-11-21-13-12-20-10-4-16-15(19)22-3/h14H,4-13H2,1-3H3,(H,16,19). The number of carbonyl (C=O) groups excluding carboxylic acids is 1. The molecule has 0 aromatic heterocycles. The van der Waals surface area contributed by atoms with Gasteiger partial charge in [-0.25, -0.2) is 0 Å². The highest BCUT2D eigenvalue weighted by molar-refractivity contribution is 8.12. The Morgan fingerprint density at radius 2 is 1.73 bits per heavy atom. The third kappa shape index (κ3) is 8.95. The summed E-state index contributed by atoms with van der Waals surface area (Å²) in [6.45, 7) is 13.1. The van der Waals surface area contributed by atoms with Crippen molar-refractivity contribution < 1.29 is 14.3 Å². The van der Waals surface area contributed by atoms with Crippen molar-refractivity contribution in [2.24, 2.45) is 0 Å². The van der Waals surface area contributed by atoms with E-state index in [4.69, 9.17) is 9.47 Å². The van der Waals surface area contributed by atoms with Crippen molar-refractivity contribution in [3.8, 4) is 0 Å². The van der Waals surface area contributed by atoms with E-state index in [2.05, 4.69) is 29.0 Å². The van der Waals surface area contributed by atoms with E-state index in [1.807, 2.05) is 0 Å². The third-order valence-electron chi connectivity index (χ3n) is 3.76. The second-order valence-corrected chi connectivity index (χ2v) is 6.39. The molecule has 1 rings (SSSR count). The number of carbonyl (C=O) groups is 1. The maximum atomic E-state index is 11.0. The summed E-state index contributed by atoms with van der Waals surface area (Å²) in [6, 6.07) is 0.649. The summed E-state index contributed by atoms with van der Waals surface area (Å²) in [5.41, 5.74) is 0. The molecule has 0 saturated carbocycles. The van der Waals surface area contributed by atoms with E-state index in [0.717, 1.165) is 39.3 Å². The largest absolute Gasteiger partial charge is 0.378 e. The molecule has 0 aliphatic carbocycles. The fourth-order valence-corrected chi connectivity index (χ4v) is 2.56. The van der Waals surface area contributed by atoms with Crippen LogP contribution >= 0.6 is 11.8 Å². The van der Waals surface area contributed by atoms with Gasteiger partial charge in [-0.05, 0) is 20.1 Å². The lowest BCUT2D eigenvalue weighted by atomic mass is 10.2. The molecule has 1 aliphatic heterocycles. The Morgan fingerprint density at radius 1 is 1.09 bits per heavy atom. The summed E-state index contributed by atoms with van der Waals surface area (Å²) >= 11 is 1.18. The Bertz CT molecular complexity index is 298. The van der Waals surface area contributed by atoms with Crippen LogP contribution in [0, 0.1) is 0 Å². The Hall–Kier alpha value is -0.340. The monoisotopic (exact) mass is 333 g/mol. The predicted molar refractivity (Wildman–Crippen MR) is 91.7 cm³/mol. The maximum absolute atomic E-state index is 11.0.